The number of rotatable bonds is 3. The normalized spacial score (nSPS) is 12.5. The molecule has 0 aliphatic rings. The largest absolute Gasteiger partial charge is 0.324 e. The summed E-state index contributed by atoms with van der Waals surface area (Å²) in [5.41, 5.74) is 7.58. The summed E-state index contributed by atoms with van der Waals surface area (Å²) in [5.74, 6) is -1.71. The zero-order valence-corrected chi connectivity index (χ0v) is 12.8. The van der Waals surface area contributed by atoms with Crippen molar-refractivity contribution in [2.24, 2.45) is 5.73 Å². The highest BCUT2D eigenvalue weighted by Gasteiger charge is 2.10. The highest BCUT2D eigenvalue weighted by atomic mass is 127. The average Bonchev–Trinajstić information content (AvgIpc) is 2.37. The Kier molecular flexibility index (Phi) is 4.76. The molecule has 19 heavy (non-hydrogen) atoms. The second-order valence-corrected chi connectivity index (χ2v) is 5.80. The summed E-state index contributed by atoms with van der Waals surface area (Å²) >= 11 is 8.17. The molecule has 2 rings (SSSR count). The van der Waals surface area contributed by atoms with Crippen molar-refractivity contribution in [1.29, 1.82) is 0 Å². The van der Waals surface area contributed by atoms with E-state index in [0.717, 1.165) is 15.2 Å². The Morgan fingerprint density at radius 3 is 2.47 bits per heavy atom. The fraction of sp³-hybridized carbons (Fsp3) is 0.143. The predicted octanol–water partition coefficient (Wildman–Crippen LogP) is 4.47. The van der Waals surface area contributed by atoms with Gasteiger partial charge in [-0.05, 0) is 64.4 Å². The quantitative estimate of drug-likeness (QED) is 0.765. The summed E-state index contributed by atoms with van der Waals surface area (Å²) in [4.78, 5) is 0. The maximum Gasteiger partial charge on any atom is 0.159 e. The molecule has 0 aromatic heterocycles. The van der Waals surface area contributed by atoms with Crippen LogP contribution in [0, 0.1) is 15.2 Å². The van der Waals surface area contributed by atoms with E-state index in [1.54, 1.807) is 6.07 Å². The van der Waals surface area contributed by atoms with Gasteiger partial charge < -0.3 is 5.73 Å². The number of nitrogens with two attached hydrogens (primary N) is 1. The first-order valence-electron chi connectivity index (χ1n) is 5.62. The molecule has 0 fully saturated rings. The molecule has 0 spiro atoms. The standard InChI is InChI=1S/C14H11ClF2IN/c15-10-7-9(2-4-13(10)18)14(19)6-8-1-3-11(16)12(17)5-8/h1-5,7,14H,6,19H2. The van der Waals surface area contributed by atoms with E-state index in [1.807, 2.05) is 12.1 Å². The van der Waals surface area contributed by atoms with E-state index < -0.39 is 11.6 Å². The average molecular weight is 394 g/mol. The highest BCUT2D eigenvalue weighted by Crippen LogP contribution is 2.24. The number of halogens is 4. The second kappa shape index (κ2) is 6.15. The van der Waals surface area contributed by atoms with Crippen LogP contribution in [0.15, 0.2) is 36.4 Å². The second-order valence-electron chi connectivity index (χ2n) is 4.23. The fourth-order valence-corrected chi connectivity index (χ4v) is 2.31. The predicted molar refractivity (Wildman–Crippen MR) is 81.2 cm³/mol. The first kappa shape index (κ1) is 14.7. The molecule has 1 nitrogen and oxygen atoms in total. The maximum atomic E-state index is 13.1. The van der Waals surface area contributed by atoms with Crippen LogP contribution in [-0.2, 0) is 6.42 Å². The molecule has 0 bridgehead atoms. The Morgan fingerprint density at radius 1 is 1.11 bits per heavy atom. The van der Waals surface area contributed by atoms with Crippen LogP contribution in [0.1, 0.15) is 17.2 Å². The molecule has 2 N–H and O–H groups in total. The van der Waals surface area contributed by atoms with Gasteiger partial charge in [-0.25, -0.2) is 8.78 Å². The lowest BCUT2D eigenvalue weighted by Crippen LogP contribution is -2.13. The van der Waals surface area contributed by atoms with Crippen molar-refractivity contribution in [3.63, 3.8) is 0 Å². The summed E-state index contributed by atoms with van der Waals surface area (Å²) in [6, 6.07) is 9.07. The van der Waals surface area contributed by atoms with E-state index in [-0.39, 0.29) is 6.04 Å². The molecule has 1 atom stereocenters. The number of hydrogen-bond donors (Lipinski definition) is 1. The Labute approximate surface area is 128 Å². The lowest BCUT2D eigenvalue weighted by Gasteiger charge is -2.13. The number of benzene rings is 2. The third kappa shape index (κ3) is 3.64. The molecule has 0 saturated heterocycles. The van der Waals surface area contributed by atoms with Gasteiger partial charge in [0.25, 0.3) is 0 Å². The molecule has 2 aromatic carbocycles. The molecule has 0 aliphatic heterocycles. The molecule has 0 aliphatic carbocycles. The SMILES string of the molecule is NC(Cc1ccc(F)c(F)c1)c1ccc(I)c(Cl)c1. The van der Waals surface area contributed by atoms with Crippen LogP contribution in [0.4, 0.5) is 8.78 Å². The summed E-state index contributed by atoms with van der Waals surface area (Å²) < 4.78 is 26.9. The fourth-order valence-electron chi connectivity index (χ4n) is 1.78. The van der Waals surface area contributed by atoms with E-state index in [9.17, 15) is 8.78 Å². The topological polar surface area (TPSA) is 26.0 Å². The van der Waals surface area contributed by atoms with Crippen LogP contribution in [0.3, 0.4) is 0 Å². The lowest BCUT2D eigenvalue weighted by molar-refractivity contribution is 0.506. The van der Waals surface area contributed by atoms with Gasteiger partial charge in [-0.1, -0.05) is 23.7 Å². The minimum Gasteiger partial charge on any atom is -0.324 e. The molecule has 2 aromatic rings. The van der Waals surface area contributed by atoms with E-state index in [2.05, 4.69) is 22.6 Å². The van der Waals surface area contributed by atoms with Gasteiger partial charge >= 0.3 is 0 Å². The maximum absolute atomic E-state index is 13.1. The van der Waals surface area contributed by atoms with Crippen molar-refractivity contribution in [2.45, 2.75) is 12.5 Å². The summed E-state index contributed by atoms with van der Waals surface area (Å²) in [6.07, 6.45) is 0.425. The molecule has 5 heteroatoms. The van der Waals surface area contributed by atoms with E-state index in [1.165, 1.54) is 12.1 Å². The third-order valence-corrected chi connectivity index (χ3v) is 4.38. The van der Waals surface area contributed by atoms with Gasteiger partial charge in [-0.3, -0.25) is 0 Å². The Morgan fingerprint density at radius 2 is 1.84 bits per heavy atom. The summed E-state index contributed by atoms with van der Waals surface area (Å²) in [6.45, 7) is 0. The van der Waals surface area contributed by atoms with Gasteiger partial charge in [0.15, 0.2) is 11.6 Å². The van der Waals surface area contributed by atoms with Crippen LogP contribution >= 0.6 is 34.2 Å². The Bertz CT molecular complexity index is 604. The molecule has 0 heterocycles. The molecule has 0 amide bonds. The van der Waals surface area contributed by atoms with Gasteiger partial charge in [0.05, 0.1) is 5.02 Å². The Balaban J connectivity index is 2.17. The lowest BCUT2D eigenvalue weighted by atomic mass is 10.00. The van der Waals surface area contributed by atoms with Crippen molar-refractivity contribution >= 4 is 34.2 Å². The summed E-state index contributed by atoms with van der Waals surface area (Å²) in [7, 11) is 0. The van der Waals surface area contributed by atoms with Gasteiger partial charge in [-0.2, -0.15) is 0 Å². The Hall–Kier alpha value is -0.720. The zero-order valence-electron chi connectivity index (χ0n) is 9.84. The zero-order chi connectivity index (χ0) is 14.0. The highest BCUT2D eigenvalue weighted by molar-refractivity contribution is 14.1. The van der Waals surface area contributed by atoms with Crippen molar-refractivity contribution < 1.29 is 8.78 Å². The minimum absolute atomic E-state index is 0.306. The van der Waals surface area contributed by atoms with Crippen molar-refractivity contribution in [3.8, 4) is 0 Å². The van der Waals surface area contributed by atoms with Crippen LogP contribution in [0.25, 0.3) is 0 Å². The van der Waals surface area contributed by atoms with Crippen molar-refractivity contribution in [3.05, 3.63) is 67.8 Å². The first-order chi connectivity index (χ1) is 8.97. The first-order valence-corrected chi connectivity index (χ1v) is 7.07. The van der Waals surface area contributed by atoms with E-state index in [0.29, 0.717) is 17.0 Å². The minimum atomic E-state index is -0.856. The van der Waals surface area contributed by atoms with Gasteiger partial charge in [0.2, 0.25) is 0 Å². The smallest absolute Gasteiger partial charge is 0.159 e. The van der Waals surface area contributed by atoms with Gasteiger partial charge in [-0.15, -0.1) is 0 Å². The molecular formula is C14H11ClF2IN. The van der Waals surface area contributed by atoms with Crippen molar-refractivity contribution in [1.82, 2.24) is 0 Å². The monoisotopic (exact) mass is 393 g/mol. The van der Waals surface area contributed by atoms with Crippen LogP contribution < -0.4 is 5.73 Å². The van der Waals surface area contributed by atoms with Crippen LogP contribution in [-0.4, -0.2) is 0 Å². The summed E-state index contributed by atoms with van der Waals surface area (Å²) in [5, 5.41) is 0.638. The number of hydrogen-bond acceptors (Lipinski definition) is 1. The molecule has 1 unspecified atom stereocenters. The van der Waals surface area contributed by atoms with Gasteiger partial charge in [0.1, 0.15) is 0 Å². The van der Waals surface area contributed by atoms with Crippen LogP contribution in [0.2, 0.25) is 5.02 Å². The van der Waals surface area contributed by atoms with Crippen LogP contribution in [0.5, 0.6) is 0 Å². The molecule has 0 saturated carbocycles. The molecular weight excluding hydrogens is 383 g/mol. The van der Waals surface area contributed by atoms with E-state index >= 15 is 0 Å². The third-order valence-electron chi connectivity index (χ3n) is 2.81. The van der Waals surface area contributed by atoms with Gasteiger partial charge in [0, 0.05) is 9.61 Å². The molecule has 100 valence electrons. The van der Waals surface area contributed by atoms with E-state index in [4.69, 9.17) is 17.3 Å². The van der Waals surface area contributed by atoms with Crippen molar-refractivity contribution in [2.75, 3.05) is 0 Å². The molecule has 0 radical (unpaired) electrons.